The van der Waals surface area contributed by atoms with Crippen molar-refractivity contribution in [1.82, 2.24) is 0 Å². The monoisotopic (exact) mass is 919 g/mol. The van der Waals surface area contributed by atoms with E-state index in [0.717, 1.165) is 69.6 Å². The molecule has 0 saturated carbocycles. The Morgan fingerprint density at radius 2 is 0.585 bits per heavy atom. The molecule has 0 spiro atoms. The molecule has 0 bridgehead atoms. The summed E-state index contributed by atoms with van der Waals surface area (Å²) in [5, 5.41) is 0. The summed E-state index contributed by atoms with van der Waals surface area (Å²) in [7, 11) is 0. The molecular weight excluding hydrogens is 805 g/mol. The van der Waals surface area contributed by atoms with Gasteiger partial charge >= 0.3 is 17.9 Å². The van der Waals surface area contributed by atoms with E-state index >= 15 is 0 Å². The van der Waals surface area contributed by atoms with Crippen molar-refractivity contribution in [3.05, 3.63) is 0 Å². The molecule has 0 rings (SSSR count). The van der Waals surface area contributed by atoms with E-state index in [1.807, 2.05) is 0 Å². The molecule has 0 aliphatic heterocycles. The van der Waals surface area contributed by atoms with Gasteiger partial charge in [0.25, 0.3) is 0 Å². The van der Waals surface area contributed by atoms with Crippen LogP contribution < -0.4 is 0 Å². The normalized spacial score (nSPS) is 12.5. The lowest BCUT2D eigenvalue weighted by Crippen LogP contribution is -2.30. The fraction of sp³-hybridized carbons (Fsp3) is 0.949. The van der Waals surface area contributed by atoms with Gasteiger partial charge in [-0.3, -0.25) is 14.4 Å². The van der Waals surface area contributed by atoms with Crippen molar-refractivity contribution in [3.8, 4) is 0 Å². The topological polar surface area (TPSA) is 78.9 Å². The first-order valence-electron chi connectivity index (χ1n) is 29.3. The largest absolute Gasteiger partial charge is 0.462 e. The number of unbranched alkanes of at least 4 members (excludes halogenated alkanes) is 37. The summed E-state index contributed by atoms with van der Waals surface area (Å²) in [6.07, 6.45) is 55.1. The molecule has 386 valence electrons. The first kappa shape index (κ1) is 63.4. The van der Waals surface area contributed by atoms with E-state index in [9.17, 15) is 14.4 Å². The molecule has 0 aromatic rings. The van der Waals surface area contributed by atoms with Gasteiger partial charge in [-0.15, -0.1) is 0 Å². The van der Waals surface area contributed by atoms with Gasteiger partial charge in [-0.05, 0) is 31.1 Å². The summed E-state index contributed by atoms with van der Waals surface area (Å²) in [5.41, 5.74) is 0. The first-order valence-corrected chi connectivity index (χ1v) is 29.3. The maximum atomic E-state index is 12.8. The van der Waals surface area contributed by atoms with Gasteiger partial charge in [0.2, 0.25) is 0 Å². The van der Waals surface area contributed by atoms with Gasteiger partial charge < -0.3 is 14.2 Å². The van der Waals surface area contributed by atoms with E-state index in [1.165, 1.54) is 218 Å². The fourth-order valence-electron chi connectivity index (χ4n) is 9.02. The number of esters is 3. The van der Waals surface area contributed by atoms with E-state index in [4.69, 9.17) is 14.2 Å². The zero-order valence-electron chi connectivity index (χ0n) is 44.6. The molecule has 6 heteroatoms. The highest BCUT2D eigenvalue weighted by molar-refractivity contribution is 5.71. The molecule has 0 aliphatic carbocycles. The Bertz CT molecular complexity index is 995. The van der Waals surface area contributed by atoms with E-state index in [2.05, 4.69) is 34.6 Å². The molecule has 0 aromatic heterocycles. The lowest BCUT2D eigenvalue weighted by Gasteiger charge is -2.18. The molecule has 0 aromatic carbocycles. The third-order valence-electron chi connectivity index (χ3n) is 13.8. The number of hydrogen-bond donors (Lipinski definition) is 0. The van der Waals surface area contributed by atoms with Crippen LogP contribution in [0.2, 0.25) is 0 Å². The van der Waals surface area contributed by atoms with Crippen LogP contribution in [0, 0.1) is 11.8 Å². The maximum absolute atomic E-state index is 12.8. The van der Waals surface area contributed by atoms with Gasteiger partial charge in [0.15, 0.2) is 6.10 Å². The molecular formula is C59H114O6. The molecule has 0 aliphatic rings. The second-order valence-corrected chi connectivity index (χ2v) is 21.0. The highest BCUT2D eigenvalue weighted by Gasteiger charge is 2.19. The molecule has 0 radical (unpaired) electrons. The third kappa shape index (κ3) is 51.6. The number of carbonyl (C=O) groups excluding carboxylic acids is 3. The van der Waals surface area contributed by atoms with Crippen LogP contribution in [0.25, 0.3) is 0 Å². The van der Waals surface area contributed by atoms with Gasteiger partial charge in [-0.25, -0.2) is 0 Å². The lowest BCUT2D eigenvalue weighted by molar-refractivity contribution is -0.167. The second kappa shape index (κ2) is 51.8. The smallest absolute Gasteiger partial charge is 0.306 e. The molecule has 2 atom stereocenters. The van der Waals surface area contributed by atoms with Gasteiger partial charge in [0.1, 0.15) is 13.2 Å². The fourth-order valence-corrected chi connectivity index (χ4v) is 9.02. The Balaban J connectivity index is 4.28. The van der Waals surface area contributed by atoms with Gasteiger partial charge in [-0.1, -0.05) is 291 Å². The summed E-state index contributed by atoms with van der Waals surface area (Å²) < 4.78 is 16.9. The van der Waals surface area contributed by atoms with Crippen LogP contribution in [0.5, 0.6) is 0 Å². The van der Waals surface area contributed by atoms with Crippen LogP contribution in [-0.2, 0) is 28.6 Å². The molecule has 6 nitrogen and oxygen atoms in total. The highest BCUT2D eigenvalue weighted by atomic mass is 16.6. The standard InChI is InChI=1S/C59H114O6/c1-6-8-9-10-11-12-13-14-20-23-29-34-39-44-49-57(60)63-52-56(65-59(62)51-46-41-36-31-26-25-28-33-38-43-48-55(5)7-2)53-64-58(61)50-45-40-35-30-24-21-18-16-15-17-19-22-27-32-37-42-47-54(3)4/h54-56H,6-53H2,1-5H3/t55?,56-/m1/s1. The van der Waals surface area contributed by atoms with Crippen LogP contribution >= 0.6 is 0 Å². The minimum atomic E-state index is -0.763. The predicted octanol–water partition coefficient (Wildman–Crippen LogP) is 19.3. The SMILES string of the molecule is CCCCCCCCCCCCCCCCC(=O)OC[C@H](COC(=O)CCCCCCCCCCCCCCCCCCC(C)C)OC(=O)CCCCCCCCCCCCC(C)CC. The zero-order valence-corrected chi connectivity index (χ0v) is 44.6. The van der Waals surface area contributed by atoms with E-state index in [0.29, 0.717) is 19.3 Å². The van der Waals surface area contributed by atoms with Crippen LogP contribution in [0.15, 0.2) is 0 Å². The Kier molecular flexibility index (Phi) is 50.5. The van der Waals surface area contributed by atoms with E-state index < -0.39 is 6.10 Å². The summed E-state index contributed by atoms with van der Waals surface area (Å²) in [6.45, 7) is 11.4. The Labute approximate surface area is 406 Å². The van der Waals surface area contributed by atoms with Gasteiger partial charge in [-0.2, -0.15) is 0 Å². The summed E-state index contributed by atoms with van der Waals surface area (Å²) in [6, 6.07) is 0. The number of rotatable bonds is 53. The van der Waals surface area contributed by atoms with Gasteiger partial charge in [0.05, 0.1) is 0 Å². The highest BCUT2D eigenvalue weighted by Crippen LogP contribution is 2.19. The van der Waals surface area contributed by atoms with Crippen molar-refractivity contribution in [2.75, 3.05) is 13.2 Å². The number of carbonyl (C=O) groups is 3. The van der Waals surface area contributed by atoms with Crippen molar-refractivity contribution >= 4 is 17.9 Å². The second-order valence-electron chi connectivity index (χ2n) is 21.0. The molecule has 0 fully saturated rings. The number of ether oxygens (including phenoxy) is 3. The predicted molar refractivity (Wildman–Crippen MR) is 280 cm³/mol. The van der Waals surface area contributed by atoms with E-state index in [1.54, 1.807) is 0 Å². The van der Waals surface area contributed by atoms with Crippen LogP contribution in [0.3, 0.4) is 0 Å². The van der Waals surface area contributed by atoms with Gasteiger partial charge in [0, 0.05) is 19.3 Å². The van der Waals surface area contributed by atoms with Crippen molar-refractivity contribution in [1.29, 1.82) is 0 Å². The molecule has 1 unspecified atom stereocenters. The van der Waals surface area contributed by atoms with Crippen molar-refractivity contribution < 1.29 is 28.6 Å². The summed E-state index contributed by atoms with van der Waals surface area (Å²) in [4.78, 5) is 38.1. The average Bonchev–Trinajstić information content (AvgIpc) is 3.29. The Morgan fingerprint density at radius 1 is 0.323 bits per heavy atom. The van der Waals surface area contributed by atoms with Crippen LogP contribution in [0.1, 0.15) is 330 Å². The molecule has 0 N–H and O–H groups in total. The minimum Gasteiger partial charge on any atom is -0.462 e. The maximum Gasteiger partial charge on any atom is 0.306 e. The number of hydrogen-bond acceptors (Lipinski definition) is 6. The molecule has 0 heterocycles. The summed E-state index contributed by atoms with van der Waals surface area (Å²) in [5.74, 6) is 0.882. The lowest BCUT2D eigenvalue weighted by atomic mass is 9.99. The van der Waals surface area contributed by atoms with Crippen molar-refractivity contribution in [2.45, 2.75) is 336 Å². The molecule has 65 heavy (non-hydrogen) atoms. The minimum absolute atomic E-state index is 0.0627. The van der Waals surface area contributed by atoms with Crippen molar-refractivity contribution in [2.24, 2.45) is 11.8 Å². The van der Waals surface area contributed by atoms with Crippen LogP contribution in [0.4, 0.5) is 0 Å². The Morgan fingerprint density at radius 3 is 0.877 bits per heavy atom. The molecule has 0 amide bonds. The van der Waals surface area contributed by atoms with Crippen LogP contribution in [-0.4, -0.2) is 37.2 Å². The zero-order chi connectivity index (χ0) is 47.5. The van der Waals surface area contributed by atoms with Crippen molar-refractivity contribution in [3.63, 3.8) is 0 Å². The molecule has 0 saturated heterocycles. The quantitative estimate of drug-likeness (QED) is 0.0344. The summed E-state index contributed by atoms with van der Waals surface area (Å²) >= 11 is 0. The Hall–Kier alpha value is -1.59. The first-order chi connectivity index (χ1) is 31.8. The average molecular weight is 920 g/mol. The van der Waals surface area contributed by atoms with E-state index in [-0.39, 0.29) is 31.1 Å². The third-order valence-corrected chi connectivity index (χ3v) is 13.8.